The summed E-state index contributed by atoms with van der Waals surface area (Å²) in [6.07, 6.45) is 4.07. The summed E-state index contributed by atoms with van der Waals surface area (Å²) < 4.78 is 13.8. The van der Waals surface area contributed by atoms with Crippen LogP contribution in [0.5, 0.6) is 0 Å². The van der Waals surface area contributed by atoms with Crippen molar-refractivity contribution in [2.45, 2.75) is 73.4 Å². The number of rotatable bonds is 6. The summed E-state index contributed by atoms with van der Waals surface area (Å²) in [6, 6.07) is 11.9. The number of anilines is 1. The smallest absolute Gasteiger partial charge is 0.156 e. The lowest BCUT2D eigenvalue weighted by atomic mass is 9.92. The Kier molecular flexibility index (Phi) is 9.17. The van der Waals surface area contributed by atoms with Crippen LogP contribution in [-0.2, 0) is 6.54 Å². The molecule has 186 valence electrons. The number of hydrogen-bond acceptors (Lipinski definition) is 5. The second-order valence-corrected chi connectivity index (χ2v) is 9.91. The first-order valence-corrected chi connectivity index (χ1v) is 12.6. The minimum Gasteiger partial charge on any atom is -0.364 e. The third-order valence-electron chi connectivity index (χ3n) is 7.30. The number of aryl methyl sites for hydroxylation is 2. The molecule has 3 aromatic rings. The van der Waals surface area contributed by atoms with Crippen LogP contribution in [0.25, 0.3) is 10.8 Å². The molecule has 1 fully saturated rings. The van der Waals surface area contributed by atoms with Crippen molar-refractivity contribution in [1.82, 2.24) is 15.5 Å². The predicted octanol–water partition coefficient (Wildman–Crippen LogP) is 6.60. The van der Waals surface area contributed by atoms with E-state index in [0.29, 0.717) is 29.2 Å². The largest absolute Gasteiger partial charge is 0.364 e. The van der Waals surface area contributed by atoms with Crippen molar-refractivity contribution in [2.75, 3.05) is 11.9 Å². The molecule has 6 heteroatoms. The summed E-state index contributed by atoms with van der Waals surface area (Å²) in [7, 11) is 0. The number of benzene rings is 2. The number of nitrogens with zero attached hydrogens (tertiary/aromatic N) is 3. The molecule has 0 bridgehead atoms. The molecule has 0 amide bonds. The van der Waals surface area contributed by atoms with E-state index in [9.17, 15) is 4.39 Å². The second kappa shape index (κ2) is 12.1. The van der Waals surface area contributed by atoms with E-state index in [2.05, 4.69) is 47.7 Å². The zero-order chi connectivity index (χ0) is 25.5. The van der Waals surface area contributed by atoms with Gasteiger partial charge < -0.3 is 10.6 Å². The monoisotopic (exact) mass is 475 g/mol. The van der Waals surface area contributed by atoms with Gasteiger partial charge in [-0.1, -0.05) is 39.3 Å². The molecular weight excluding hydrogens is 437 g/mol. The van der Waals surface area contributed by atoms with Crippen LogP contribution < -0.4 is 10.6 Å². The summed E-state index contributed by atoms with van der Waals surface area (Å²) in [6.45, 7) is 14.2. The maximum absolute atomic E-state index is 13.8. The standard InChI is InChI=1S/C19H17FN4.C10H21N/c1-11-7-17-16(8-18(11)20)13(3)23-24-19(17)22-10-15-6-4-5-14(9-21)12(15)2;1-4-8(2)7-10-9(3)5-6-11-10/h4-8H,10H2,1-3H3,(H,22,24);8-11H,4-7H2,1-3H3. The Balaban J connectivity index is 0.000000261. The molecule has 4 rings (SSSR count). The van der Waals surface area contributed by atoms with E-state index in [1.165, 1.54) is 31.9 Å². The number of halogens is 1. The predicted molar refractivity (Wildman–Crippen MR) is 142 cm³/mol. The number of aromatic nitrogens is 2. The van der Waals surface area contributed by atoms with Gasteiger partial charge in [-0.3, -0.25) is 0 Å². The highest BCUT2D eigenvalue weighted by Crippen LogP contribution is 2.26. The molecule has 0 spiro atoms. The second-order valence-electron chi connectivity index (χ2n) is 9.91. The molecule has 3 unspecified atom stereocenters. The van der Waals surface area contributed by atoms with Crippen molar-refractivity contribution >= 4 is 16.6 Å². The van der Waals surface area contributed by atoms with E-state index < -0.39 is 0 Å². The van der Waals surface area contributed by atoms with Crippen molar-refractivity contribution in [3.05, 3.63) is 64.1 Å². The Morgan fingerprint density at radius 1 is 1.20 bits per heavy atom. The highest BCUT2D eigenvalue weighted by Gasteiger charge is 2.23. The number of nitriles is 1. The Labute approximate surface area is 209 Å². The van der Waals surface area contributed by atoms with Crippen LogP contribution in [0.1, 0.15) is 68.0 Å². The summed E-state index contributed by atoms with van der Waals surface area (Å²) >= 11 is 0. The van der Waals surface area contributed by atoms with Crippen molar-refractivity contribution in [2.24, 2.45) is 11.8 Å². The lowest BCUT2D eigenvalue weighted by Gasteiger charge is -2.19. The normalized spacial score (nSPS) is 18.0. The van der Waals surface area contributed by atoms with Crippen LogP contribution in [-0.4, -0.2) is 22.8 Å². The van der Waals surface area contributed by atoms with Crippen LogP contribution in [0.3, 0.4) is 0 Å². The van der Waals surface area contributed by atoms with Crippen molar-refractivity contribution in [3.63, 3.8) is 0 Å². The minimum absolute atomic E-state index is 0.248. The average Bonchev–Trinajstić information content (AvgIpc) is 3.25. The van der Waals surface area contributed by atoms with Gasteiger partial charge in [0, 0.05) is 23.4 Å². The zero-order valence-electron chi connectivity index (χ0n) is 21.9. The van der Waals surface area contributed by atoms with Gasteiger partial charge in [0.15, 0.2) is 5.82 Å². The van der Waals surface area contributed by atoms with E-state index in [1.54, 1.807) is 19.1 Å². The SMILES string of the molecule is CCC(C)CC1NCCC1C.Cc1cc2c(NCc3cccc(C#N)c3C)nnc(C)c2cc1F. The topological polar surface area (TPSA) is 73.6 Å². The van der Waals surface area contributed by atoms with Crippen LogP contribution in [0, 0.1) is 49.8 Å². The van der Waals surface area contributed by atoms with E-state index >= 15 is 0 Å². The maximum Gasteiger partial charge on any atom is 0.156 e. The van der Waals surface area contributed by atoms with Gasteiger partial charge in [0.1, 0.15) is 5.82 Å². The van der Waals surface area contributed by atoms with Crippen LogP contribution in [0.4, 0.5) is 10.2 Å². The molecular formula is C29H38FN5. The Bertz CT molecular complexity index is 1200. The summed E-state index contributed by atoms with van der Waals surface area (Å²) in [5.41, 5.74) is 3.88. The van der Waals surface area contributed by atoms with Crippen LogP contribution in [0.2, 0.25) is 0 Å². The molecule has 35 heavy (non-hydrogen) atoms. The fraction of sp³-hybridized carbons (Fsp3) is 0.483. The fourth-order valence-corrected chi connectivity index (χ4v) is 4.53. The molecule has 2 N–H and O–H groups in total. The highest BCUT2D eigenvalue weighted by atomic mass is 19.1. The number of nitrogens with one attached hydrogen (secondary N) is 2. The van der Waals surface area contributed by atoms with Gasteiger partial charge in [-0.2, -0.15) is 10.4 Å². The molecule has 1 aliphatic rings. The van der Waals surface area contributed by atoms with E-state index in [1.807, 2.05) is 26.0 Å². The Morgan fingerprint density at radius 2 is 1.97 bits per heavy atom. The van der Waals surface area contributed by atoms with Gasteiger partial charge in [0.25, 0.3) is 0 Å². The molecule has 2 heterocycles. The first kappa shape index (κ1) is 26.6. The molecule has 5 nitrogen and oxygen atoms in total. The van der Waals surface area contributed by atoms with Gasteiger partial charge in [0.2, 0.25) is 0 Å². The molecule has 1 aliphatic heterocycles. The lowest BCUT2D eigenvalue weighted by Crippen LogP contribution is -2.27. The average molecular weight is 476 g/mol. The van der Waals surface area contributed by atoms with E-state index in [-0.39, 0.29) is 5.82 Å². The summed E-state index contributed by atoms with van der Waals surface area (Å²) in [4.78, 5) is 0. The first-order valence-electron chi connectivity index (χ1n) is 12.6. The maximum atomic E-state index is 13.8. The molecule has 0 aliphatic carbocycles. The summed E-state index contributed by atoms with van der Waals surface area (Å²) in [5.74, 6) is 2.17. The quantitative estimate of drug-likeness (QED) is 0.420. The Morgan fingerprint density at radius 3 is 2.63 bits per heavy atom. The lowest BCUT2D eigenvalue weighted by molar-refractivity contribution is 0.374. The zero-order valence-corrected chi connectivity index (χ0v) is 21.9. The highest BCUT2D eigenvalue weighted by molar-refractivity contribution is 5.93. The first-order chi connectivity index (χ1) is 16.7. The van der Waals surface area contributed by atoms with E-state index in [0.717, 1.165) is 39.8 Å². The van der Waals surface area contributed by atoms with Gasteiger partial charge in [-0.15, -0.1) is 5.10 Å². The van der Waals surface area contributed by atoms with Crippen molar-refractivity contribution in [1.29, 1.82) is 5.26 Å². The minimum atomic E-state index is -0.248. The van der Waals surface area contributed by atoms with Crippen molar-refractivity contribution in [3.8, 4) is 6.07 Å². The molecule has 1 saturated heterocycles. The number of fused-ring (bicyclic) bond motifs is 1. The molecule has 0 radical (unpaired) electrons. The van der Waals surface area contributed by atoms with Gasteiger partial charge in [0.05, 0.1) is 17.3 Å². The van der Waals surface area contributed by atoms with Gasteiger partial charge in [-0.05, 0) is 86.9 Å². The molecule has 2 aromatic carbocycles. The van der Waals surface area contributed by atoms with Crippen molar-refractivity contribution < 1.29 is 4.39 Å². The third-order valence-corrected chi connectivity index (χ3v) is 7.30. The van der Waals surface area contributed by atoms with E-state index in [4.69, 9.17) is 5.26 Å². The molecule has 1 aromatic heterocycles. The molecule has 0 saturated carbocycles. The van der Waals surface area contributed by atoms with Crippen LogP contribution in [0.15, 0.2) is 30.3 Å². The van der Waals surface area contributed by atoms with Crippen LogP contribution >= 0.6 is 0 Å². The van der Waals surface area contributed by atoms with Gasteiger partial charge in [-0.25, -0.2) is 4.39 Å². The number of hydrogen-bond donors (Lipinski definition) is 2. The fourth-order valence-electron chi connectivity index (χ4n) is 4.53. The summed E-state index contributed by atoms with van der Waals surface area (Å²) in [5, 5.41) is 25.9. The third kappa shape index (κ3) is 6.55. The molecule has 3 atom stereocenters. The van der Waals surface area contributed by atoms with Gasteiger partial charge >= 0.3 is 0 Å². The Hall–Kier alpha value is -3.04.